The fraction of sp³-hybridized carbons (Fsp3) is 0.423. The number of halogens is 3. The summed E-state index contributed by atoms with van der Waals surface area (Å²) in [5.41, 5.74) is 0.731. The van der Waals surface area contributed by atoms with Gasteiger partial charge in [-0.05, 0) is 57.6 Å². The van der Waals surface area contributed by atoms with Gasteiger partial charge in [0.1, 0.15) is 0 Å². The molecule has 0 fully saturated rings. The Kier molecular flexibility index (Phi) is 8.32. The minimum absolute atomic E-state index is 0.218. The van der Waals surface area contributed by atoms with Crippen molar-refractivity contribution in [3.05, 3.63) is 59.7 Å². The maximum atomic E-state index is 13.6. The lowest BCUT2D eigenvalue weighted by Gasteiger charge is -2.26. The lowest BCUT2D eigenvalue weighted by molar-refractivity contribution is -0.143. The Bertz CT molecular complexity index is 1350. The van der Waals surface area contributed by atoms with Crippen LogP contribution >= 0.6 is 0 Å². The van der Waals surface area contributed by atoms with E-state index in [-0.39, 0.29) is 6.42 Å². The molecule has 3 aromatic carbocycles. The monoisotopic (exact) mass is 526 g/mol. The summed E-state index contributed by atoms with van der Waals surface area (Å²) in [6.07, 6.45) is -2.88. The van der Waals surface area contributed by atoms with Crippen molar-refractivity contribution >= 4 is 37.6 Å². The van der Waals surface area contributed by atoms with Crippen molar-refractivity contribution in [3.63, 3.8) is 0 Å². The van der Waals surface area contributed by atoms with Crippen LogP contribution < -0.4 is 0 Å². The largest absolute Gasteiger partial charge is 0.465 e. The number of aliphatic hydroxyl groups is 1. The number of hydrogen-bond donors (Lipinski definition) is 2. The average molecular weight is 527 g/mol. The van der Waals surface area contributed by atoms with E-state index in [4.69, 9.17) is 9.29 Å². The Morgan fingerprint density at radius 1 is 1.00 bits per heavy atom. The Morgan fingerprint density at radius 2 is 1.56 bits per heavy atom. The Hall–Kier alpha value is -2.69. The average Bonchev–Trinajstić information content (AvgIpc) is 2.82. The fourth-order valence-electron chi connectivity index (χ4n) is 4.16. The molecular formula is C26H29F3O6S. The number of benzene rings is 3. The Balaban J connectivity index is 1.81. The quantitative estimate of drug-likeness (QED) is 0.198. The molecule has 6 nitrogen and oxygen atoms in total. The standard InChI is InChI=1S/C26H29F3O6S/c1-3-25(31,4-2)16-20-10-6-8-18-13-17-7-5-9-19(21(17)15-22(18)20)14-24(30)35-12-11-23(27)26(28,29)36(32,33)34/h5-10,13,15,23,31H,3-4,11-12,14,16H2,1-2H3,(H,32,33,34). The van der Waals surface area contributed by atoms with Crippen molar-refractivity contribution in [1.82, 2.24) is 0 Å². The van der Waals surface area contributed by atoms with Gasteiger partial charge in [-0.15, -0.1) is 0 Å². The first-order valence-corrected chi connectivity index (χ1v) is 13.1. The van der Waals surface area contributed by atoms with Gasteiger partial charge in [0.05, 0.1) is 18.6 Å². The van der Waals surface area contributed by atoms with E-state index < -0.39 is 46.1 Å². The van der Waals surface area contributed by atoms with Crippen molar-refractivity contribution in [3.8, 4) is 0 Å². The maximum Gasteiger partial charge on any atom is 0.400 e. The second-order valence-corrected chi connectivity index (χ2v) is 10.4. The van der Waals surface area contributed by atoms with Crippen LogP contribution in [0.5, 0.6) is 0 Å². The second-order valence-electron chi connectivity index (χ2n) is 8.93. The minimum atomic E-state index is -5.93. The van der Waals surface area contributed by atoms with Crippen molar-refractivity contribution in [2.75, 3.05) is 6.61 Å². The van der Waals surface area contributed by atoms with Gasteiger partial charge in [-0.1, -0.05) is 50.2 Å². The molecule has 0 amide bonds. The molecule has 1 atom stereocenters. The van der Waals surface area contributed by atoms with Gasteiger partial charge in [0, 0.05) is 12.8 Å². The minimum Gasteiger partial charge on any atom is -0.465 e. The molecule has 0 saturated heterocycles. The van der Waals surface area contributed by atoms with Crippen LogP contribution in [0.25, 0.3) is 21.5 Å². The number of fused-ring (bicyclic) bond motifs is 2. The van der Waals surface area contributed by atoms with Crippen LogP contribution in [0.4, 0.5) is 13.2 Å². The second kappa shape index (κ2) is 10.7. The number of carbonyl (C=O) groups excluding carboxylic acids is 1. The van der Waals surface area contributed by atoms with Crippen LogP contribution in [0.2, 0.25) is 0 Å². The number of alkyl halides is 3. The molecule has 3 aromatic rings. The summed E-state index contributed by atoms with van der Waals surface area (Å²) in [4.78, 5) is 12.3. The highest BCUT2D eigenvalue weighted by Gasteiger charge is 2.52. The fourth-order valence-corrected chi connectivity index (χ4v) is 4.60. The highest BCUT2D eigenvalue weighted by atomic mass is 32.2. The van der Waals surface area contributed by atoms with E-state index in [9.17, 15) is 31.5 Å². The topological polar surface area (TPSA) is 101 Å². The van der Waals surface area contributed by atoms with E-state index >= 15 is 0 Å². The predicted octanol–water partition coefficient (Wildman–Crippen LogP) is 5.38. The van der Waals surface area contributed by atoms with Crippen molar-refractivity contribution < 1.29 is 40.8 Å². The van der Waals surface area contributed by atoms with Gasteiger partial charge in [0.15, 0.2) is 6.17 Å². The zero-order valence-corrected chi connectivity index (χ0v) is 20.8. The summed E-state index contributed by atoms with van der Waals surface area (Å²) in [5, 5.41) is 9.41. The molecule has 1 unspecified atom stereocenters. The normalized spacial score (nSPS) is 13.8. The van der Waals surface area contributed by atoms with E-state index in [0.29, 0.717) is 24.8 Å². The molecule has 0 spiro atoms. The predicted molar refractivity (Wildman–Crippen MR) is 131 cm³/mol. The Labute approximate surface area is 207 Å². The van der Waals surface area contributed by atoms with Crippen LogP contribution in [-0.2, 0) is 32.5 Å². The highest BCUT2D eigenvalue weighted by molar-refractivity contribution is 7.86. The molecule has 10 heteroatoms. The van der Waals surface area contributed by atoms with E-state index in [2.05, 4.69) is 0 Å². The van der Waals surface area contributed by atoms with Crippen LogP contribution in [-0.4, -0.2) is 47.7 Å². The third kappa shape index (κ3) is 5.99. The van der Waals surface area contributed by atoms with Gasteiger partial charge < -0.3 is 9.84 Å². The van der Waals surface area contributed by atoms with Crippen molar-refractivity contribution in [2.24, 2.45) is 0 Å². The summed E-state index contributed by atoms with van der Waals surface area (Å²) in [5.74, 6) is -0.801. The first-order valence-electron chi connectivity index (χ1n) is 11.6. The molecule has 3 rings (SSSR count). The van der Waals surface area contributed by atoms with Gasteiger partial charge in [-0.3, -0.25) is 9.35 Å². The zero-order chi connectivity index (χ0) is 26.7. The lowest BCUT2D eigenvalue weighted by atomic mass is 9.86. The number of hydrogen-bond acceptors (Lipinski definition) is 5. The van der Waals surface area contributed by atoms with Gasteiger partial charge >= 0.3 is 21.3 Å². The van der Waals surface area contributed by atoms with Gasteiger partial charge in [0.2, 0.25) is 0 Å². The molecular weight excluding hydrogens is 497 g/mol. The molecule has 196 valence electrons. The number of carbonyl (C=O) groups is 1. The Morgan fingerprint density at radius 3 is 2.11 bits per heavy atom. The van der Waals surface area contributed by atoms with Crippen molar-refractivity contribution in [1.29, 1.82) is 0 Å². The summed E-state index contributed by atoms with van der Waals surface area (Å²) >= 11 is 0. The summed E-state index contributed by atoms with van der Waals surface area (Å²) in [6.45, 7) is 3.08. The van der Waals surface area contributed by atoms with Crippen LogP contribution in [0.15, 0.2) is 48.5 Å². The SMILES string of the molecule is CCC(O)(CC)Cc1cccc2cc3cccc(CC(=O)OCCC(F)C(F)(F)S(=O)(=O)O)c3cc12. The third-order valence-corrected chi connectivity index (χ3v) is 7.52. The summed E-state index contributed by atoms with van der Waals surface area (Å²) in [6, 6.07) is 15.1. The molecule has 0 heterocycles. The molecule has 0 aromatic heterocycles. The lowest BCUT2D eigenvalue weighted by Crippen LogP contribution is -2.39. The van der Waals surface area contributed by atoms with E-state index in [1.54, 1.807) is 12.1 Å². The molecule has 2 N–H and O–H groups in total. The third-order valence-electron chi connectivity index (χ3n) is 6.57. The summed E-state index contributed by atoms with van der Waals surface area (Å²) < 4.78 is 74.8. The molecule has 0 aliphatic heterocycles. The first kappa shape index (κ1) is 27.9. The highest BCUT2D eigenvalue weighted by Crippen LogP contribution is 2.32. The van der Waals surface area contributed by atoms with Crippen LogP contribution in [0.3, 0.4) is 0 Å². The van der Waals surface area contributed by atoms with Gasteiger partial charge in [-0.2, -0.15) is 17.2 Å². The number of ether oxygens (including phenoxy) is 1. The molecule has 0 radical (unpaired) electrons. The van der Waals surface area contributed by atoms with Gasteiger partial charge in [0.25, 0.3) is 0 Å². The van der Waals surface area contributed by atoms with Crippen LogP contribution in [0, 0.1) is 0 Å². The molecule has 36 heavy (non-hydrogen) atoms. The molecule has 0 bridgehead atoms. The summed E-state index contributed by atoms with van der Waals surface area (Å²) in [7, 11) is -5.93. The molecule has 0 aliphatic rings. The van der Waals surface area contributed by atoms with Gasteiger partial charge in [-0.25, -0.2) is 4.39 Å². The van der Waals surface area contributed by atoms with E-state index in [1.165, 1.54) is 0 Å². The first-order chi connectivity index (χ1) is 16.8. The van der Waals surface area contributed by atoms with Crippen LogP contribution in [0.1, 0.15) is 44.2 Å². The van der Waals surface area contributed by atoms with E-state index in [0.717, 1.165) is 27.1 Å². The van der Waals surface area contributed by atoms with E-state index in [1.807, 2.05) is 50.2 Å². The smallest absolute Gasteiger partial charge is 0.400 e. The van der Waals surface area contributed by atoms with Crippen molar-refractivity contribution in [2.45, 2.75) is 63.0 Å². The number of esters is 1. The number of rotatable bonds is 11. The maximum absolute atomic E-state index is 13.6. The zero-order valence-electron chi connectivity index (χ0n) is 20.0. The molecule has 0 aliphatic carbocycles. The molecule has 0 saturated carbocycles.